The van der Waals surface area contributed by atoms with Crippen molar-refractivity contribution >= 4 is 27.3 Å². The van der Waals surface area contributed by atoms with E-state index in [0.29, 0.717) is 0 Å². The molecule has 0 radical (unpaired) electrons. The fourth-order valence-electron chi connectivity index (χ4n) is 1.73. The van der Waals surface area contributed by atoms with Crippen LogP contribution >= 0.6 is 27.3 Å². The number of hydrogen-bond donors (Lipinski definition) is 1. The predicted molar refractivity (Wildman–Crippen MR) is 72.0 cm³/mol. The van der Waals surface area contributed by atoms with Crippen LogP contribution in [-0.2, 0) is 0 Å². The Morgan fingerprint density at radius 3 is 2.31 bits per heavy atom. The van der Waals surface area contributed by atoms with Gasteiger partial charge in [0.05, 0.1) is 0 Å². The molecule has 1 N–H and O–H groups in total. The highest BCUT2D eigenvalue weighted by Crippen LogP contribution is 2.32. The van der Waals surface area contributed by atoms with Crippen LogP contribution in [0.4, 0.5) is 0 Å². The Hall–Kier alpha value is -0.640. The Kier molecular flexibility index (Phi) is 3.47. The van der Waals surface area contributed by atoms with Gasteiger partial charge in [0.2, 0.25) is 0 Å². The zero-order chi connectivity index (χ0) is 11.7. The average Bonchev–Trinajstić information content (AvgIpc) is 2.58. The molecule has 2 rings (SSSR count). The lowest BCUT2D eigenvalue weighted by Crippen LogP contribution is -1.98. The summed E-state index contributed by atoms with van der Waals surface area (Å²) >= 11 is 5.05. The largest absolute Gasteiger partial charge is 0.383 e. The van der Waals surface area contributed by atoms with Crippen molar-refractivity contribution in [1.82, 2.24) is 0 Å². The molecular weight excluding hydrogens is 284 g/mol. The molecule has 1 aromatic heterocycles. The number of thiophene rings is 1. The maximum Gasteiger partial charge on any atom is 0.113 e. The van der Waals surface area contributed by atoms with E-state index in [2.05, 4.69) is 28.9 Å². The summed E-state index contributed by atoms with van der Waals surface area (Å²) < 4.78 is 1.03. The van der Waals surface area contributed by atoms with Crippen molar-refractivity contribution in [3.8, 4) is 0 Å². The van der Waals surface area contributed by atoms with Crippen LogP contribution in [0.15, 0.2) is 34.8 Å². The smallest absolute Gasteiger partial charge is 0.113 e. The molecule has 1 unspecified atom stereocenters. The van der Waals surface area contributed by atoms with Gasteiger partial charge in [-0.3, -0.25) is 0 Å². The first-order valence-electron chi connectivity index (χ1n) is 5.08. The van der Waals surface area contributed by atoms with Crippen molar-refractivity contribution in [2.75, 3.05) is 0 Å². The second kappa shape index (κ2) is 4.70. The first-order chi connectivity index (χ1) is 7.58. The highest BCUT2D eigenvalue weighted by molar-refractivity contribution is 9.10. The fourth-order valence-corrected chi connectivity index (χ4v) is 3.04. The molecule has 0 aliphatic rings. The van der Waals surface area contributed by atoms with Crippen molar-refractivity contribution in [3.05, 3.63) is 55.7 Å². The standard InChI is InChI=1S/C13H13BrOS/c1-8-7-9(2)16-13(8)12(15)10-3-5-11(14)6-4-10/h3-7,12,15H,1-2H3. The lowest BCUT2D eigenvalue weighted by Gasteiger charge is -2.10. The molecule has 0 saturated heterocycles. The third-order valence-corrected chi connectivity index (χ3v) is 4.25. The van der Waals surface area contributed by atoms with Crippen molar-refractivity contribution in [2.24, 2.45) is 0 Å². The molecule has 0 spiro atoms. The van der Waals surface area contributed by atoms with Gasteiger partial charge in [-0.1, -0.05) is 28.1 Å². The molecule has 2 aromatic rings. The summed E-state index contributed by atoms with van der Waals surface area (Å²) in [5, 5.41) is 10.3. The minimum atomic E-state index is -0.508. The summed E-state index contributed by atoms with van der Waals surface area (Å²) in [6.07, 6.45) is -0.508. The molecule has 16 heavy (non-hydrogen) atoms. The predicted octanol–water partition coefficient (Wildman–Crippen LogP) is 4.21. The fraction of sp³-hybridized carbons (Fsp3) is 0.231. The molecular formula is C13H13BrOS. The second-order valence-electron chi connectivity index (χ2n) is 3.86. The molecule has 1 aromatic carbocycles. The molecule has 0 aliphatic carbocycles. The van der Waals surface area contributed by atoms with Crippen LogP contribution in [0.3, 0.4) is 0 Å². The minimum absolute atomic E-state index is 0.508. The van der Waals surface area contributed by atoms with Gasteiger partial charge in [-0.05, 0) is 43.2 Å². The average molecular weight is 297 g/mol. The highest BCUT2D eigenvalue weighted by Gasteiger charge is 2.15. The number of aliphatic hydroxyl groups is 1. The first-order valence-corrected chi connectivity index (χ1v) is 6.69. The van der Waals surface area contributed by atoms with Gasteiger partial charge in [0.1, 0.15) is 6.10 Å². The molecule has 0 bridgehead atoms. The van der Waals surface area contributed by atoms with Gasteiger partial charge in [0.15, 0.2) is 0 Å². The SMILES string of the molecule is Cc1cc(C)c(C(O)c2ccc(Br)cc2)s1. The van der Waals surface area contributed by atoms with Crippen molar-refractivity contribution in [3.63, 3.8) is 0 Å². The Morgan fingerprint density at radius 1 is 1.19 bits per heavy atom. The maximum atomic E-state index is 10.3. The van der Waals surface area contributed by atoms with E-state index in [9.17, 15) is 5.11 Å². The van der Waals surface area contributed by atoms with Gasteiger partial charge in [0.25, 0.3) is 0 Å². The van der Waals surface area contributed by atoms with E-state index in [4.69, 9.17) is 0 Å². The minimum Gasteiger partial charge on any atom is -0.383 e. The van der Waals surface area contributed by atoms with Gasteiger partial charge in [0, 0.05) is 14.2 Å². The summed E-state index contributed by atoms with van der Waals surface area (Å²) in [5.74, 6) is 0. The number of benzene rings is 1. The van der Waals surface area contributed by atoms with Crippen molar-refractivity contribution in [2.45, 2.75) is 20.0 Å². The normalized spacial score (nSPS) is 12.8. The second-order valence-corrected chi connectivity index (χ2v) is 6.06. The van der Waals surface area contributed by atoms with Crippen LogP contribution in [0.1, 0.15) is 27.0 Å². The van der Waals surface area contributed by atoms with E-state index >= 15 is 0 Å². The quantitative estimate of drug-likeness (QED) is 0.880. The van der Waals surface area contributed by atoms with Gasteiger partial charge in [-0.2, -0.15) is 0 Å². The van der Waals surface area contributed by atoms with Gasteiger partial charge in [-0.25, -0.2) is 0 Å². The monoisotopic (exact) mass is 296 g/mol. The van der Waals surface area contributed by atoms with E-state index in [-0.39, 0.29) is 0 Å². The summed E-state index contributed by atoms with van der Waals surface area (Å²) in [6, 6.07) is 9.91. The zero-order valence-corrected chi connectivity index (χ0v) is 11.6. The lowest BCUT2D eigenvalue weighted by molar-refractivity contribution is 0.223. The van der Waals surface area contributed by atoms with Gasteiger partial charge < -0.3 is 5.11 Å². The van der Waals surface area contributed by atoms with Crippen LogP contribution < -0.4 is 0 Å². The number of halogens is 1. The van der Waals surface area contributed by atoms with Gasteiger partial charge >= 0.3 is 0 Å². The van der Waals surface area contributed by atoms with E-state index in [1.54, 1.807) is 11.3 Å². The van der Waals surface area contributed by atoms with Crippen LogP contribution in [0.25, 0.3) is 0 Å². The lowest BCUT2D eigenvalue weighted by atomic mass is 10.1. The number of aryl methyl sites for hydroxylation is 2. The Balaban J connectivity index is 2.35. The third-order valence-electron chi connectivity index (χ3n) is 2.51. The highest BCUT2D eigenvalue weighted by atomic mass is 79.9. The molecule has 1 nitrogen and oxygen atoms in total. The number of hydrogen-bond acceptors (Lipinski definition) is 2. The Labute approximate surface area is 108 Å². The Morgan fingerprint density at radius 2 is 1.81 bits per heavy atom. The van der Waals surface area contributed by atoms with Crippen LogP contribution in [-0.4, -0.2) is 5.11 Å². The number of aliphatic hydroxyl groups excluding tert-OH is 1. The molecule has 0 aliphatic heterocycles. The summed E-state index contributed by atoms with van der Waals surface area (Å²) in [4.78, 5) is 2.28. The zero-order valence-electron chi connectivity index (χ0n) is 9.20. The van der Waals surface area contributed by atoms with Crippen LogP contribution in [0, 0.1) is 13.8 Å². The first kappa shape index (κ1) is 11.8. The summed E-state index contributed by atoms with van der Waals surface area (Å²) in [5.41, 5.74) is 2.10. The van der Waals surface area contributed by atoms with Crippen LogP contribution in [0.5, 0.6) is 0 Å². The molecule has 0 amide bonds. The van der Waals surface area contributed by atoms with Gasteiger partial charge in [-0.15, -0.1) is 11.3 Å². The van der Waals surface area contributed by atoms with Crippen LogP contribution in [0.2, 0.25) is 0 Å². The third kappa shape index (κ3) is 2.37. The molecule has 84 valence electrons. The topological polar surface area (TPSA) is 20.2 Å². The van der Waals surface area contributed by atoms with E-state index in [0.717, 1.165) is 20.5 Å². The van der Waals surface area contributed by atoms with E-state index in [1.807, 2.05) is 31.2 Å². The van der Waals surface area contributed by atoms with Crippen molar-refractivity contribution in [1.29, 1.82) is 0 Å². The molecule has 0 saturated carbocycles. The summed E-state index contributed by atoms with van der Waals surface area (Å²) in [7, 11) is 0. The van der Waals surface area contributed by atoms with E-state index < -0.39 is 6.10 Å². The Bertz CT molecular complexity index is 487. The molecule has 0 fully saturated rings. The molecule has 1 heterocycles. The molecule has 3 heteroatoms. The number of rotatable bonds is 2. The molecule has 1 atom stereocenters. The summed E-state index contributed by atoms with van der Waals surface area (Å²) in [6.45, 7) is 4.11. The maximum absolute atomic E-state index is 10.3. The van der Waals surface area contributed by atoms with Crippen molar-refractivity contribution < 1.29 is 5.11 Å². The van der Waals surface area contributed by atoms with E-state index in [1.165, 1.54) is 4.88 Å².